The van der Waals surface area contributed by atoms with Gasteiger partial charge in [0.2, 0.25) is 18.4 Å². The van der Waals surface area contributed by atoms with Crippen LogP contribution in [-0.4, -0.2) is 44.2 Å². The van der Waals surface area contributed by atoms with Gasteiger partial charge in [0.05, 0.1) is 11.1 Å². The van der Waals surface area contributed by atoms with E-state index in [0.717, 1.165) is 10.4 Å². The van der Waals surface area contributed by atoms with Crippen LogP contribution in [0.15, 0.2) is 45.4 Å². The highest BCUT2D eigenvalue weighted by atomic mass is 32.1. The summed E-state index contributed by atoms with van der Waals surface area (Å²) in [6.07, 6.45) is 1.48. The standard InChI is InChI=1S/C17H12N8O4S/c18-15-16(23-29-22-15)25-14(12-2-1-5-30-12)13(20-24-25)17(26)21-19-7-9-3-4-10-11(6-9)28-8-27-10/h1-7H,8H2,(H2,18,22)(H,21,26)/b19-7+. The van der Waals surface area contributed by atoms with Crippen LogP contribution < -0.4 is 20.6 Å². The molecule has 0 fully saturated rings. The summed E-state index contributed by atoms with van der Waals surface area (Å²) in [5.74, 6) is 0.873. The number of ether oxygens (including phenoxy) is 2. The highest BCUT2D eigenvalue weighted by molar-refractivity contribution is 7.13. The van der Waals surface area contributed by atoms with E-state index in [1.165, 1.54) is 22.2 Å². The lowest BCUT2D eigenvalue weighted by atomic mass is 10.2. The van der Waals surface area contributed by atoms with Gasteiger partial charge in [-0.2, -0.15) is 9.78 Å². The van der Waals surface area contributed by atoms with Crippen molar-refractivity contribution in [3.63, 3.8) is 0 Å². The van der Waals surface area contributed by atoms with Crippen molar-refractivity contribution in [2.75, 3.05) is 12.5 Å². The summed E-state index contributed by atoms with van der Waals surface area (Å²) in [5.41, 5.74) is 9.38. The van der Waals surface area contributed by atoms with Gasteiger partial charge >= 0.3 is 0 Å². The minimum atomic E-state index is -0.559. The number of nitrogens with one attached hydrogen (secondary N) is 1. The SMILES string of the molecule is Nc1nonc1-n1nnc(C(=O)N/N=C/c2ccc3c(c2)OCO3)c1-c1cccs1. The molecule has 1 aliphatic rings. The average molecular weight is 424 g/mol. The third-order valence-corrected chi connectivity index (χ3v) is 4.99. The number of carbonyl (C=O) groups is 1. The summed E-state index contributed by atoms with van der Waals surface area (Å²) in [6, 6.07) is 8.96. The third-order valence-electron chi connectivity index (χ3n) is 4.11. The largest absolute Gasteiger partial charge is 0.454 e. The minimum Gasteiger partial charge on any atom is -0.454 e. The second kappa shape index (κ2) is 7.29. The van der Waals surface area contributed by atoms with E-state index >= 15 is 0 Å². The first-order valence-corrected chi connectivity index (χ1v) is 9.39. The fourth-order valence-corrected chi connectivity index (χ4v) is 3.52. The highest BCUT2D eigenvalue weighted by Crippen LogP contribution is 2.32. The van der Waals surface area contributed by atoms with Crippen molar-refractivity contribution in [1.29, 1.82) is 0 Å². The molecule has 0 unspecified atom stereocenters. The molecule has 0 aliphatic carbocycles. The Morgan fingerprint density at radius 2 is 2.17 bits per heavy atom. The lowest BCUT2D eigenvalue weighted by Crippen LogP contribution is -2.19. The normalized spacial score (nSPS) is 12.5. The number of hydrogen-bond donors (Lipinski definition) is 2. The van der Waals surface area contributed by atoms with E-state index < -0.39 is 5.91 Å². The van der Waals surface area contributed by atoms with Gasteiger partial charge in [-0.25, -0.2) is 10.1 Å². The Morgan fingerprint density at radius 1 is 1.27 bits per heavy atom. The molecule has 3 aromatic heterocycles. The Morgan fingerprint density at radius 3 is 2.97 bits per heavy atom. The third kappa shape index (κ3) is 3.12. The number of rotatable bonds is 5. The predicted molar refractivity (Wildman–Crippen MR) is 105 cm³/mol. The van der Waals surface area contributed by atoms with Gasteiger partial charge in [-0.15, -0.1) is 16.4 Å². The van der Waals surface area contributed by atoms with E-state index in [4.69, 9.17) is 15.2 Å². The fourth-order valence-electron chi connectivity index (χ4n) is 2.77. The molecule has 1 aromatic carbocycles. The Hall–Kier alpha value is -4.26. The number of nitrogens with zero attached hydrogens (tertiary/aromatic N) is 6. The number of aromatic nitrogens is 5. The van der Waals surface area contributed by atoms with Crippen LogP contribution in [0.4, 0.5) is 5.82 Å². The number of nitrogen functional groups attached to an aromatic ring is 1. The Kier molecular flexibility index (Phi) is 4.33. The monoisotopic (exact) mass is 424 g/mol. The molecule has 0 atom stereocenters. The van der Waals surface area contributed by atoms with E-state index in [1.54, 1.807) is 18.2 Å². The highest BCUT2D eigenvalue weighted by Gasteiger charge is 2.25. The number of benzene rings is 1. The number of amides is 1. The first-order chi connectivity index (χ1) is 14.7. The van der Waals surface area contributed by atoms with Crippen LogP contribution in [0.5, 0.6) is 11.5 Å². The minimum absolute atomic E-state index is 0.0190. The summed E-state index contributed by atoms with van der Waals surface area (Å²) in [5, 5.41) is 21.1. The summed E-state index contributed by atoms with van der Waals surface area (Å²) in [6.45, 7) is 0.180. The average Bonchev–Trinajstić information content (AvgIpc) is 3.52. The zero-order valence-corrected chi connectivity index (χ0v) is 15.9. The van der Waals surface area contributed by atoms with Crippen LogP contribution in [0.2, 0.25) is 0 Å². The zero-order valence-electron chi connectivity index (χ0n) is 15.1. The van der Waals surface area contributed by atoms with E-state index in [9.17, 15) is 4.79 Å². The maximum atomic E-state index is 12.7. The van der Waals surface area contributed by atoms with Crippen LogP contribution in [0, 0.1) is 0 Å². The van der Waals surface area contributed by atoms with Crippen LogP contribution in [0.1, 0.15) is 16.1 Å². The lowest BCUT2D eigenvalue weighted by Gasteiger charge is -2.03. The number of thiophene rings is 1. The molecule has 0 radical (unpaired) electrons. The zero-order chi connectivity index (χ0) is 20.5. The summed E-state index contributed by atoms with van der Waals surface area (Å²) < 4.78 is 16.5. The molecule has 3 N–H and O–H groups in total. The number of hydrogen-bond acceptors (Lipinski definition) is 11. The predicted octanol–water partition coefficient (Wildman–Crippen LogP) is 1.45. The molecule has 150 valence electrons. The first-order valence-electron chi connectivity index (χ1n) is 8.52. The van der Waals surface area contributed by atoms with Crippen LogP contribution in [-0.2, 0) is 0 Å². The molecule has 12 nitrogen and oxygen atoms in total. The molecule has 4 aromatic rings. The van der Waals surface area contributed by atoms with Crippen LogP contribution in [0.3, 0.4) is 0 Å². The molecular weight excluding hydrogens is 412 g/mol. The molecule has 30 heavy (non-hydrogen) atoms. The molecule has 5 rings (SSSR count). The lowest BCUT2D eigenvalue weighted by molar-refractivity contribution is 0.0950. The van der Waals surface area contributed by atoms with Crippen molar-refractivity contribution in [2.24, 2.45) is 5.10 Å². The Balaban J connectivity index is 1.42. The fraction of sp³-hybridized carbons (Fsp3) is 0.0588. The van der Waals surface area contributed by atoms with E-state index in [-0.39, 0.29) is 24.1 Å². The second-order valence-corrected chi connectivity index (χ2v) is 6.91. The molecule has 1 amide bonds. The first kappa shape index (κ1) is 17.8. The van der Waals surface area contributed by atoms with Gasteiger partial charge in [0.1, 0.15) is 5.69 Å². The summed E-state index contributed by atoms with van der Waals surface area (Å²) in [4.78, 5) is 13.5. The molecule has 1 aliphatic heterocycles. The van der Waals surface area contributed by atoms with Gasteiger partial charge in [0.25, 0.3) is 5.91 Å². The molecule has 0 saturated carbocycles. The van der Waals surface area contributed by atoms with Crippen LogP contribution in [0.25, 0.3) is 16.4 Å². The van der Waals surface area contributed by atoms with Gasteiger partial charge in [0.15, 0.2) is 17.2 Å². The quantitative estimate of drug-likeness (QED) is 0.357. The maximum absolute atomic E-state index is 12.7. The number of hydrazone groups is 1. The van der Waals surface area contributed by atoms with Crippen molar-refractivity contribution in [3.8, 4) is 27.9 Å². The van der Waals surface area contributed by atoms with Gasteiger partial charge in [0, 0.05) is 0 Å². The van der Waals surface area contributed by atoms with Crippen molar-refractivity contribution >= 4 is 29.3 Å². The number of nitrogens with two attached hydrogens (primary N) is 1. The number of carbonyl (C=O) groups excluding carboxylic acids is 1. The molecule has 4 heterocycles. The number of anilines is 1. The smallest absolute Gasteiger partial charge is 0.294 e. The van der Waals surface area contributed by atoms with E-state index in [0.29, 0.717) is 17.2 Å². The molecule has 0 saturated heterocycles. The topological polar surface area (TPSA) is 156 Å². The second-order valence-electron chi connectivity index (χ2n) is 5.96. The summed E-state index contributed by atoms with van der Waals surface area (Å²) in [7, 11) is 0. The van der Waals surface area contributed by atoms with Crippen molar-refractivity contribution in [1.82, 2.24) is 30.7 Å². The molecule has 0 spiro atoms. The van der Waals surface area contributed by atoms with Gasteiger partial charge in [-0.3, -0.25) is 4.79 Å². The maximum Gasteiger partial charge on any atom is 0.294 e. The molecular formula is C17H12N8O4S. The van der Waals surface area contributed by atoms with Crippen molar-refractivity contribution < 1.29 is 18.9 Å². The van der Waals surface area contributed by atoms with Gasteiger partial charge in [-0.05, 0) is 45.5 Å². The summed E-state index contributed by atoms with van der Waals surface area (Å²) >= 11 is 1.40. The van der Waals surface area contributed by atoms with Crippen molar-refractivity contribution in [2.45, 2.75) is 0 Å². The molecule has 0 bridgehead atoms. The number of fused-ring (bicyclic) bond motifs is 1. The van der Waals surface area contributed by atoms with Gasteiger partial charge in [-0.1, -0.05) is 11.3 Å². The Labute approximate surface area is 171 Å². The molecule has 13 heteroatoms. The van der Waals surface area contributed by atoms with E-state index in [2.05, 4.69) is 35.8 Å². The van der Waals surface area contributed by atoms with Crippen molar-refractivity contribution in [3.05, 3.63) is 47.0 Å². The van der Waals surface area contributed by atoms with E-state index in [1.807, 2.05) is 17.5 Å². The van der Waals surface area contributed by atoms with Crippen LogP contribution >= 0.6 is 11.3 Å². The Bertz CT molecular complexity index is 1250. The van der Waals surface area contributed by atoms with Gasteiger partial charge < -0.3 is 15.2 Å².